The summed E-state index contributed by atoms with van der Waals surface area (Å²) in [6, 6.07) is 8.18. The van der Waals surface area contributed by atoms with Crippen molar-refractivity contribution in [3.8, 4) is 0 Å². The van der Waals surface area contributed by atoms with Crippen LogP contribution in [0.3, 0.4) is 0 Å². The number of benzene rings is 1. The maximum Gasteiger partial charge on any atom is 0.164 e. The van der Waals surface area contributed by atoms with Crippen LogP contribution in [0.15, 0.2) is 35.9 Å². The molecule has 0 saturated heterocycles. The van der Waals surface area contributed by atoms with Crippen molar-refractivity contribution < 1.29 is 4.79 Å². The van der Waals surface area contributed by atoms with Crippen molar-refractivity contribution in [3.05, 3.63) is 41.6 Å². The van der Waals surface area contributed by atoms with Crippen molar-refractivity contribution in [2.75, 3.05) is 0 Å². The van der Waals surface area contributed by atoms with E-state index < -0.39 is 0 Å². The van der Waals surface area contributed by atoms with Crippen molar-refractivity contribution >= 4 is 16.7 Å². The predicted octanol–water partition coefficient (Wildman–Crippen LogP) is 4.06. The zero-order valence-corrected chi connectivity index (χ0v) is 12.6. The van der Waals surface area contributed by atoms with Crippen LogP contribution in [0.25, 0.3) is 10.9 Å². The molecule has 1 aliphatic carbocycles. The number of carbonyl (C=O) groups is 1. The average molecular weight is 282 g/mol. The third-order valence-corrected chi connectivity index (χ3v) is 4.26. The standard InChI is InChI=1S/C18H22N2O/c1-2-20-17-12-8-7-11-15(17)16(19-20)13-18(21)14-9-5-3-4-6-10-14/h7-9,11-12H,2-6,10,13H2,1H3. The molecule has 0 saturated carbocycles. The molecule has 2 aromatic rings. The number of aryl methyl sites for hydroxylation is 1. The smallest absolute Gasteiger partial charge is 0.164 e. The lowest BCUT2D eigenvalue weighted by Gasteiger charge is -2.03. The minimum Gasteiger partial charge on any atom is -0.294 e. The van der Waals surface area contributed by atoms with Crippen LogP contribution >= 0.6 is 0 Å². The lowest BCUT2D eigenvalue weighted by molar-refractivity contribution is -0.115. The molecule has 0 bridgehead atoms. The fraction of sp³-hybridized carbons (Fsp3) is 0.444. The zero-order chi connectivity index (χ0) is 14.7. The normalized spacial score (nSPS) is 15.8. The summed E-state index contributed by atoms with van der Waals surface area (Å²) in [6.45, 7) is 2.91. The van der Waals surface area contributed by atoms with Gasteiger partial charge in [0.25, 0.3) is 0 Å². The summed E-state index contributed by atoms with van der Waals surface area (Å²) in [5.41, 5.74) is 3.06. The first-order valence-corrected chi connectivity index (χ1v) is 7.96. The number of para-hydroxylation sites is 1. The second kappa shape index (κ2) is 6.25. The molecular weight excluding hydrogens is 260 g/mol. The molecule has 3 rings (SSSR count). The second-order valence-corrected chi connectivity index (χ2v) is 5.71. The van der Waals surface area contributed by atoms with Crippen molar-refractivity contribution in [1.82, 2.24) is 9.78 Å². The van der Waals surface area contributed by atoms with Crippen LogP contribution in [0.2, 0.25) is 0 Å². The van der Waals surface area contributed by atoms with Crippen LogP contribution < -0.4 is 0 Å². The molecule has 0 radical (unpaired) electrons. The number of Topliss-reactive ketones (excluding diaryl/α,β-unsaturated/α-hetero) is 1. The second-order valence-electron chi connectivity index (χ2n) is 5.71. The Morgan fingerprint density at radius 2 is 2.10 bits per heavy atom. The fourth-order valence-corrected chi connectivity index (χ4v) is 3.10. The molecule has 0 N–H and O–H groups in total. The Kier molecular flexibility index (Phi) is 4.18. The Balaban J connectivity index is 1.87. The van der Waals surface area contributed by atoms with Crippen LogP contribution in [0, 0.1) is 0 Å². The van der Waals surface area contributed by atoms with Crippen LogP contribution in [0.5, 0.6) is 0 Å². The number of hydrogen-bond donors (Lipinski definition) is 0. The Bertz CT molecular complexity index is 682. The Morgan fingerprint density at radius 3 is 2.95 bits per heavy atom. The van der Waals surface area contributed by atoms with E-state index in [1.54, 1.807) is 0 Å². The van der Waals surface area contributed by atoms with E-state index in [2.05, 4.69) is 30.2 Å². The molecule has 0 spiro atoms. The van der Waals surface area contributed by atoms with Gasteiger partial charge in [0.15, 0.2) is 5.78 Å². The number of aromatic nitrogens is 2. The molecule has 1 heterocycles. The Morgan fingerprint density at radius 1 is 1.24 bits per heavy atom. The highest BCUT2D eigenvalue weighted by molar-refractivity contribution is 5.98. The van der Waals surface area contributed by atoms with Gasteiger partial charge in [-0.05, 0) is 44.2 Å². The number of fused-ring (bicyclic) bond motifs is 1. The molecule has 110 valence electrons. The third-order valence-electron chi connectivity index (χ3n) is 4.26. The third kappa shape index (κ3) is 2.92. The summed E-state index contributed by atoms with van der Waals surface area (Å²) >= 11 is 0. The van der Waals surface area contributed by atoms with Crippen molar-refractivity contribution in [2.45, 2.75) is 52.0 Å². The molecule has 3 heteroatoms. The highest BCUT2D eigenvalue weighted by Gasteiger charge is 2.16. The number of carbonyl (C=O) groups excluding carboxylic acids is 1. The lowest BCUT2D eigenvalue weighted by Crippen LogP contribution is -2.08. The Labute approximate surface area is 125 Å². The predicted molar refractivity (Wildman–Crippen MR) is 85.3 cm³/mol. The minimum absolute atomic E-state index is 0.253. The van der Waals surface area contributed by atoms with Gasteiger partial charge in [-0.15, -0.1) is 0 Å². The number of allylic oxidation sites excluding steroid dienone is 2. The van der Waals surface area contributed by atoms with Crippen LogP contribution in [0.4, 0.5) is 0 Å². The van der Waals surface area contributed by atoms with Crippen LogP contribution in [0.1, 0.15) is 44.7 Å². The first kappa shape index (κ1) is 14.1. The highest BCUT2D eigenvalue weighted by Crippen LogP contribution is 2.22. The molecule has 1 aromatic heterocycles. The summed E-state index contributed by atoms with van der Waals surface area (Å²) in [5.74, 6) is 0.253. The van der Waals surface area contributed by atoms with E-state index in [-0.39, 0.29) is 5.78 Å². The van der Waals surface area contributed by atoms with E-state index in [1.807, 2.05) is 16.8 Å². The van der Waals surface area contributed by atoms with E-state index in [0.717, 1.165) is 48.0 Å². The average Bonchev–Trinajstić information content (AvgIpc) is 2.69. The molecule has 1 aromatic carbocycles. The number of hydrogen-bond acceptors (Lipinski definition) is 2. The number of nitrogens with zero attached hydrogens (tertiary/aromatic N) is 2. The van der Waals surface area contributed by atoms with Crippen LogP contribution in [-0.2, 0) is 17.8 Å². The van der Waals surface area contributed by atoms with Gasteiger partial charge < -0.3 is 0 Å². The number of rotatable bonds is 4. The quantitative estimate of drug-likeness (QED) is 0.847. The maximum atomic E-state index is 12.5. The largest absolute Gasteiger partial charge is 0.294 e. The first-order valence-electron chi connectivity index (χ1n) is 7.96. The molecule has 1 aliphatic rings. The molecule has 0 amide bonds. The van der Waals surface area contributed by atoms with Gasteiger partial charge in [0, 0.05) is 11.9 Å². The fourth-order valence-electron chi connectivity index (χ4n) is 3.10. The van der Waals surface area contributed by atoms with Gasteiger partial charge in [-0.25, -0.2) is 0 Å². The first-order chi connectivity index (χ1) is 10.3. The topological polar surface area (TPSA) is 34.9 Å². The van der Waals surface area contributed by atoms with E-state index in [0.29, 0.717) is 6.42 Å². The van der Waals surface area contributed by atoms with Crippen LogP contribution in [-0.4, -0.2) is 15.6 Å². The molecule has 0 atom stereocenters. The Hall–Kier alpha value is -1.90. The summed E-state index contributed by atoms with van der Waals surface area (Å²) in [6.07, 6.45) is 8.15. The minimum atomic E-state index is 0.253. The van der Waals surface area contributed by atoms with Gasteiger partial charge in [0.2, 0.25) is 0 Å². The van der Waals surface area contributed by atoms with Gasteiger partial charge in [-0.2, -0.15) is 5.10 Å². The van der Waals surface area contributed by atoms with Gasteiger partial charge in [0.05, 0.1) is 17.6 Å². The molecule has 0 aliphatic heterocycles. The van der Waals surface area contributed by atoms with Gasteiger partial charge in [-0.1, -0.05) is 30.7 Å². The molecule has 0 unspecified atom stereocenters. The summed E-state index contributed by atoms with van der Waals surface area (Å²) < 4.78 is 1.99. The van der Waals surface area contributed by atoms with E-state index in [9.17, 15) is 4.79 Å². The summed E-state index contributed by atoms with van der Waals surface area (Å²) in [5, 5.41) is 5.75. The maximum absolute atomic E-state index is 12.5. The molecular formula is C18H22N2O. The summed E-state index contributed by atoms with van der Waals surface area (Å²) in [7, 11) is 0. The zero-order valence-electron chi connectivity index (χ0n) is 12.6. The SMILES string of the molecule is CCn1nc(CC(=O)C2=CCCCCC2)c2ccccc21. The van der Waals surface area contributed by atoms with Crippen molar-refractivity contribution in [3.63, 3.8) is 0 Å². The molecule has 3 nitrogen and oxygen atoms in total. The van der Waals surface area contributed by atoms with E-state index in [4.69, 9.17) is 0 Å². The van der Waals surface area contributed by atoms with E-state index in [1.165, 1.54) is 12.8 Å². The van der Waals surface area contributed by atoms with E-state index >= 15 is 0 Å². The van der Waals surface area contributed by atoms with Gasteiger partial charge >= 0.3 is 0 Å². The molecule has 0 fully saturated rings. The lowest BCUT2D eigenvalue weighted by atomic mass is 10.0. The highest BCUT2D eigenvalue weighted by atomic mass is 16.1. The van der Waals surface area contributed by atoms with Crippen molar-refractivity contribution in [1.29, 1.82) is 0 Å². The monoisotopic (exact) mass is 282 g/mol. The summed E-state index contributed by atoms with van der Waals surface area (Å²) in [4.78, 5) is 12.5. The van der Waals surface area contributed by atoms with Crippen molar-refractivity contribution in [2.24, 2.45) is 0 Å². The van der Waals surface area contributed by atoms with Gasteiger partial charge in [-0.3, -0.25) is 9.48 Å². The van der Waals surface area contributed by atoms with Gasteiger partial charge in [0.1, 0.15) is 0 Å². The number of ketones is 1. The molecule has 21 heavy (non-hydrogen) atoms.